The second-order valence-corrected chi connectivity index (χ2v) is 4.64. The Hall–Kier alpha value is -2.09. The lowest BCUT2D eigenvalue weighted by Gasteiger charge is -2.10. The van der Waals surface area contributed by atoms with Crippen molar-refractivity contribution in [2.45, 2.75) is 19.8 Å². The zero-order chi connectivity index (χ0) is 13.0. The largest absolute Gasteiger partial charge is 0.340 e. The highest BCUT2D eigenvalue weighted by atomic mass is 14.9. The predicted molar refractivity (Wildman–Crippen MR) is 77.4 cm³/mol. The maximum absolute atomic E-state index is 7.99. The van der Waals surface area contributed by atoms with Crippen molar-refractivity contribution < 1.29 is 0 Å². The molecule has 0 unspecified atom stereocenters. The average Bonchev–Trinajstić information content (AvgIpc) is 2.40. The Kier molecular flexibility index (Phi) is 3.78. The molecule has 0 aliphatic carbocycles. The summed E-state index contributed by atoms with van der Waals surface area (Å²) in [5.74, 6) is 0.959. The molecule has 0 fully saturated rings. The normalized spacial score (nSPS) is 10.4. The SMILES string of the molecule is CC(C)c1ccc(NC(=N)c2ccccc2)cc1. The molecule has 2 rings (SSSR count). The summed E-state index contributed by atoms with van der Waals surface area (Å²) in [5, 5.41) is 11.1. The van der Waals surface area contributed by atoms with Gasteiger partial charge in [-0.05, 0) is 23.6 Å². The van der Waals surface area contributed by atoms with Crippen molar-refractivity contribution in [1.29, 1.82) is 5.41 Å². The van der Waals surface area contributed by atoms with Crippen molar-refractivity contribution in [1.82, 2.24) is 0 Å². The van der Waals surface area contributed by atoms with Crippen LogP contribution in [0.3, 0.4) is 0 Å². The molecule has 2 aromatic carbocycles. The number of benzene rings is 2. The van der Waals surface area contributed by atoms with E-state index in [9.17, 15) is 0 Å². The molecule has 18 heavy (non-hydrogen) atoms. The molecule has 0 aromatic heterocycles. The number of amidine groups is 1. The lowest BCUT2D eigenvalue weighted by Crippen LogP contribution is -2.11. The van der Waals surface area contributed by atoms with Crippen LogP contribution in [0.2, 0.25) is 0 Å². The third kappa shape index (κ3) is 2.98. The van der Waals surface area contributed by atoms with Gasteiger partial charge in [-0.2, -0.15) is 0 Å². The number of hydrogen-bond acceptors (Lipinski definition) is 1. The van der Waals surface area contributed by atoms with E-state index in [0.717, 1.165) is 11.3 Å². The smallest absolute Gasteiger partial charge is 0.129 e. The molecule has 92 valence electrons. The molecule has 0 amide bonds. The Morgan fingerprint density at radius 3 is 2.11 bits per heavy atom. The van der Waals surface area contributed by atoms with Crippen molar-refractivity contribution in [3.63, 3.8) is 0 Å². The zero-order valence-electron chi connectivity index (χ0n) is 10.8. The molecule has 0 saturated heterocycles. The molecule has 0 saturated carbocycles. The van der Waals surface area contributed by atoms with E-state index in [1.54, 1.807) is 0 Å². The average molecular weight is 238 g/mol. The van der Waals surface area contributed by atoms with Gasteiger partial charge in [0.2, 0.25) is 0 Å². The van der Waals surface area contributed by atoms with Gasteiger partial charge in [-0.3, -0.25) is 5.41 Å². The fourth-order valence-electron chi connectivity index (χ4n) is 1.77. The minimum Gasteiger partial charge on any atom is -0.340 e. The standard InChI is InChI=1S/C16H18N2/c1-12(2)13-8-10-15(11-9-13)18-16(17)14-6-4-3-5-7-14/h3-12H,1-2H3,(H2,17,18). The van der Waals surface area contributed by atoms with E-state index in [0.29, 0.717) is 11.8 Å². The monoisotopic (exact) mass is 238 g/mol. The maximum atomic E-state index is 7.99. The molecule has 2 heteroatoms. The van der Waals surface area contributed by atoms with Crippen LogP contribution in [0.5, 0.6) is 0 Å². The molecule has 0 spiro atoms. The van der Waals surface area contributed by atoms with E-state index >= 15 is 0 Å². The molecule has 0 aliphatic rings. The van der Waals surface area contributed by atoms with Gasteiger partial charge < -0.3 is 5.32 Å². The first-order chi connectivity index (χ1) is 8.66. The van der Waals surface area contributed by atoms with E-state index in [1.807, 2.05) is 42.5 Å². The minimum atomic E-state index is 0.424. The van der Waals surface area contributed by atoms with E-state index in [2.05, 4.69) is 31.3 Å². The second-order valence-electron chi connectivity index (χ2n) is 4.64. The van der Waals surface area contributed by atoms with Crippen molar-refractivity contribution in [2.24, 2.45) is 0 Å². The highest BCUT2D eigenvalue weighted by Crippen LogP contribution is 2.17. The van der Waals surface area contributed by atoms with Gasteiger partial charge in [0.1, 0.15) is 5.84 Å². The van der Waals surface area contributed by atoms with Gasteiger partial charge in [-0.25, -0.2) is 0 Å². The summed E-state index contributed by atoms with van der Waals surface area (Å²) in [6.07, 6.45) is 0. The van der Waals surface area contributed by atoms with E-state index in [4.69, 9.17) is 5.41 Å². The van der Waals surface area contributed by atoms with Crippen LogP contribution < -0.4 is 5.32 Å². The number of hydrogen-bond donors (Lipinski definition) is 2. The Bertz CT molecular complexity index is 513. The Morgan fingerprint density at radius 1 is 0.944 bits per heavy atom. The summed E-state index contributed by atoms with van der Waals surface area (Å²) in [5.41, 5.74) is 3.16. The molecule has 2 N–H and O–H groups in total. The third-order valence-corrected chi connectivity index (χ3v) is 2.91. The molecule has 2 nitrogen and oxygen atoms in total. The molecule has 0 aliphatic heterocycles. The minimum absolute atomic E-state index is 0.424. The Balaban J connectivity index is 2.08. The van der Waals surface area contributed by atoms with Crippen LogP contribution in [-0.2, 0) is 0 Å². The first-order valence-corrected chi connectivity index (χ1v) is 6.18. The predicted octanol–water partition coefficient (Wildman–Crippen LogP) is 4.25. The van der Waals surface area contributed by atoms with Crippen LogP contribution in [-0.4, -0.2) is 5.84 Å². The Labute approximate surface area is 108 Å². The molecular formula is C16H18N2. The maximum Gasteiger partial charge on any atom is 0.129 e. The van der Waals surface area contributed by atoms with Gasteiger partial charge in [-0.1, -0.05) is 56.3 Å². The lowest BCUT2D eigenvalue weighted by molar-refractivity contribution is 0.867. The van der Waals surface area contributed by atoms with Crippen LogP contribution >= 0.6 is 0 Å². The van der Waals surface area contributed by atoms with Gasteiger partial charge in [0.15, 0.2) is 0 Å². The molecule has 0 atom stereocenters. The molecule has 0 heterocycles. The van der Waals surface area contributed by atoms with Crippen LogP contribution in [0.1, 0.15) is 30.9 Å². The van der Waals surface area contributed by atoms with Gasteiger partial charge in [0.05, 0.1) is 0 Å². The lowest BCUT2D eigenvalue weighted by atomic mass is 10.0. The zero-order valence-corrected chi connectivity index (χ0v) is 10.8. The van der Waals surface area contributed by atoms with Gasteiger partial charge in [-0.15, -0.1) is 0 Å². The first-order valence-electron chi connectivity index (χ1n) is 6.18. The van der Waals surface area contributed by atoms with E-state index < -0.39 is 0 Å². The number of rotatable bonds is 3. The first kappa shape index (κ1) is 12.4. The van der Waals surface area contributed by atoms with Crippen LogP contribution in [0.4, 0.5) is 5.69 Å². The highest BCUT2D eigenvalue weighted by molar-refractivity contribution is 6.06. The topological polar surface area (TPSA) is 35.9 Å². The van der Waals surface area contributed by atoms with Crippen LogP contribution in [0.25, 0.3) is 0 Å². The number of anilines is 1. The van der Waals surface area contributed by atoms with E-state index in [-0.39, 0.29) is 0 Å². The van der Waals surface area contributed by atoms with E-state index in [1.165, 1.54) is 5.56 Å². The third-order valence-electron chi connectivity index (χ3n) is 2.91. The van der Waals surface area contributed by atoms with Gasteiger partial charge in [0, 0.05) is 11.3 Å². The van der Waals surface area contributed by atoms with Crippen molar-refractivity contribution in [3.8, 4) is 0 Å². The van der Waals surface area contributed by atoms with Gasteiger partial charge in [0.25, 0.3) is 0 Å². The molecule has 0 bridgehead atoms. The highest BCUT2D eigenvalue weighted by Gasteiger charge is 2.02. The summed E-state index contributed by atoms with van der Waals surface area (Å²) in [4.78, 5) is 0. The van der Waals surface area contributed by atoms with Crippen molar-refractivity contribution in [3.05, 3.63) is 65.7 Å². The number of nitrogens with one attached hydrogen (secondary N) is 2. The summed E-state index contributed by atoms with van der Waals surface area (Å²) in [7, 11) is 0. The summed E-state index contributed by atoms with van der Waals surface area (Å²) in [6, 6.07) is 17.9. The van der Waals surface area contributed by atoms with Crippen LogP contribution in [0.15, 0.2) is 54.6 Å². The molecule has 0 radical (unpaired) electrons. The summed E-state index contributed by atoms with van der Waals surface area (Å²) < 4.78 is 0. The fraction of sp³-hybridized carbons (Fsp3) is 0.188. The van der Waals surface area contributed by atoms with Crippen molar-refractivity contribution in [2.75, 3.05) is 5.32 Å². The van der Waals surface area contributed by atoms with Crippen molar-refractivity contribution >= 4 is 11.5 Å². The fourth-order valence-corrected chi connectivity index (χ4v) is 1.77. The molecule has 2 aromatic rings. The van der Waals surface area contributed by atoms with Gasteiger partial charge >= 0.3 is 0 Å². The summed E-state index contributed by atoms with van der Waals surface area (Å²) in [6.45, 7) is 4.35. The molecular weight excluding hydrogens is 220 g/mol. The Morgan fingerprint density at radius 2 is 1.56 bits per heavy atom. The second kappa shape index (κ2) is 5.50. The van der Waals surface area contributed by atoms with Crippen LogP contribution in [0, 0.1) is 5.41 Å². The quantitative estimate of drug-likeness (QED) is 0.608. The summed E-state index contributed by atoms with van der Waals surface area (Å²) >= 11 is 0.